The molecule has 4 heteroatoms. The van der Waals surface area contributed by atoms with Gasteiger partial charge < -0.3 is 5.11 Å². The number of hydrogen-bond donors (Lipinski definition) is 1. The van der Waals surface area contributed by atoms with Crippen molar-refractivity contribution in [1.82, 2.24) is 4.98 Å². The van der Waals surface area contributed by atoms with Crippen LogP contribution < -0.4 is 0 Å². The largest absolute Gasteiger partial charge is 0.506 e. The molecule has 0 radical (unpaired) electrons. The fourth-order valence-corrected chi connectivity index (χ4v) is 3.88. The van der Waals surface area contributed by atoms with E-state index in [9.17, 15) is 5.11 Å². The average Bonchev–Trinajstić information content (AvgIpc) is 2.92. The molecule has 0 saturated heterocycles. The minimum Gasteiger partial charge on any atom is -0.506 e. The van der Waals surface area contributed by atoms with Gasteiger partial charge in [-0.1, -0.05) is 31.0 Å². The lowest BCUT2D eigenvalue weighted by atomic mass is 10.1. The molecule has 0 fully saturated rings. The Labute approximate surface area is 139 Å². The number of aromatic hydroxyl groups is 1. The van der Waals surface area contributed by atoms with Crippen molar-refractivity contribution in [2.45, 2.75) is 32.6 Å². The van der Waals surface area contributed by atoms with E-state index in [4.69, 9.17) is 11.6 Å². The zero-order valence-electron chi connectivity index (χ0n) is 12.5. The molecule has 0 saturated carbocycles. The predicted octanol–water partition coefficient (Wildman–Crippen LogP) is 5.59. The van der Waals surface area contributed by atoms with E-state index in [0.29, 0.717) is 6.42 Å². The highest BCUT2D eigenvalue weighted by atomic mass is 35.5. The molecular formula is C18H18ClNOS. The van der Waals surface area contributed by atoms with Crippen LogP contribution in [0.15, 0.2) is 36.4 Å². The van der Waals surface area contributed by atoms with E-state index in [1.165, 1.54) is 9.58 Å². The minimum absolute atomic E-state index is 0.267. The number of aromatic nitrogens is 1. The lowest BCUT2D eigenvalue weighted by molar-refractivity contribution is 0.465. The van der Waals surface area contributed by atoms with Gasteiger partial charge in [0.25, 0.3) is 0 Å². The maximum atomic E-state index is 10.1. The van der Waals surface area contributed by atoms with Gasteiger partial charge in [0.15, 0.2) is 0 Å². The summed E-state index contributed by atoms with van der Waals surface area (Å²) in [6.45, 7) is 2.17. The van der Waals surface area contributed by atoms with E-state index in [-0.39, 0.29) is 5.75 Å². The Bertz CT molecular complexity index is 797. The number of fused-ring (bicyclic) bond motifs is 1. The van der Waals surface area contributed by atoms with Crippen molar-refractivity contribution in [2.24, 2.45) is 0 Å². The van der Waals surface area contributed by atoms with Crippen molar-refractivity contribution in [2.75, 3.05) is 0 Å². The molecule has 0 aliphatic heterocycles. The van der Waals surface area contributed by atoms with Gasteiger partial charge in [-0.3, -0.25) is 4.98 Å². The second-order valence-electron chi connectivity index (χ2n) is 5.41. The fraction of sp³-hybridized carbons (Fsp3) is 0.278. The monoisotopic (exact) mass is 331 g/mol. The zero-order valence-corrected chi connectivity index (χ0v) is 14.0. The standard InChI is InChI=1S/C18H18ClNOS/c1-2-3-5-12-8-9-17(21)16(20-12)11-13-10-14-15(19)6-4-7-18(14)22-13/h4,6-10,21H,2-3,5,11H2,1H3. The molecule has 1 N–H and O–H groups in total. The lowest BCUT2D eigenvalue weighted by Crippen LogP contribution is -1.96. The summed E-state index contributed by atoms with van der Waals surface area (Å²) in [5, 5.41) is 11.9. The van der Waals surface area contributed by atoms with Crippen LogP contribution in [0.4, 0.5) is 0 Å². The number of aryl methyl sites for hydroxylation is 1. The van der Waals surface area contributed by atoms with Gasteiger partial charge in [-0.25, -0.2) is 0 Å². The van der Waals surface area contributed by atoms with Crippen LogP contribution in [0.2, 0.25) is 5.02 Å². The second kappa shape index (κ2) is 6.67. The number of hydrogen-bond acceptors (Lipinski definition) is 3. The van der Waals surface area contributed by atoms with Crippen molar-refractivity contribution in [3.63, 3.8) is 0 Å². The van der Waals surface area contributed by atoms with E-state index in [0.717, 1.165) is 41.1 Å². The SMILES string of the molecule is CCCCc1ccc(O)c(Cc2cc3c(Cl)cccc3s2)n1. The van der Waals surface area contributed by atoms with Crippen LogP contribution >= 0.6 is 22.9 Å². The van der Waals surface area contributed by atoms with Gasteiger partial charge >= 0.3 is 0 Å². The highest BCUT2D eigenvalue weighted by molar-refractivity contribution is 7.19. The van der Waals surface area contributed by atoms with Crippen LogP contribution in [-0.4, -0.2) is 10.1 Å². The summed E-state index contributed by atoms with van der Waals surface area (Å²) in [5.41, 5.74) is 1.80. The molecule has 1 aromatic carbocycles. The summed E-state index contributed by atoms with van der Waals surface area (Å²) in [6, 6.07) is 11.7. The van der Waals surface area contributed by atoms with Crippen LogP contribution in [0, 0.1) is 0 Å². The summed E-state index contributed by atoms with van der Waals surface area (Å²) in [6.07, 6.45) is 3.87. The average molecular weight is 332 g/mol. The Morgan fingerprint density at radius 1 is 1.23 bits per heavy atom. The molecule has 0 atom stereocenters. The number of pyridine rings is 1. The van der Waals surface area contributed by atoms with Crippen molar-refractivity contribution < 1.29 is 5.11 Å². The number of unbranched alkanes of at least 4 members (excludes halogenated alkanes) is 1. The van der Waals surface area contributed by atoms with Crippen LogP contribution in [0.1, 0.15) is 36.0 Å². The maximum absolute atomic E-state index is 10.1. The summed E-state index contributed by atoms with van der Waals surface area (Å²) in [4.78, 5) is 5.79. The molecule has 2 aromatic heterocycles. The maximum Gasteiger partial charge on any atom is 0.137 e. The molecule has 2 nitrogen and oxygen atoms in total. The van der Waals surface area contributed by atoms with Crippen LogP contribution in [0.3, 0.4) is 0 Å². The van der Waals surface area contributed by atoms with Gasteiger partial charge in [-0.05, 0) is 43.2 Å². The minimum atomic E-state index is 0.267. The second-order valence-corrected chi connectivity index (χ2v) is 6.99. The Hall–Kier alpha value is -1.58. The van der Waals surface area contributed by atoms with Gasteiger partial charge in [0.05, 0.1) is 5.69 Å². The molecule has 0 unspecified atom stereocenters. The van der Waals surface area contributed by atoms with Crippen LogP contribution in [0.5, 0.6) is 5.75 Å². The molecule has 0 spiro atoms. The molecule has 0 aliphatic carbocycles. The number of benzene rings is 1. The smallest absolute Gasteiger partial charge is 0.137 e. The Morgan fingerprint density at radius 3 is 2.86 bits per heavy atom. The topological polar surface area (TPSA) is 33.1 Å². The van der Waals surface area contributed by atoms with E-state index in [1.807, 2.05) is 18.2 Å². The predicted molar refractivity (Wildman–Crippen MR) is 94.2 cm³/mol. The molecule has 114 valence electrons. The summed E-state index contributed by atoms with van der Waals surface area (Å²) in [7, 11) is 0. The summed E-state index contributed by atoms with van der Waals surface area (Å²) < 4.78 is 1.17. The Kier molecular flexibility index (Phi) is 4.65. The third-order valence-electron chi connectivity index (χ3n) is 3.70. The van der Waals surface area contributed by atoms with E-state index >= 15 is 0 Å². The third-order valence-corrected chi connectivity index (χ3v) is 5.13. The first-order valence-electron chi connectivity index (χ1n) is 7.52. The molecule has 3 rings (SSSR count). The molecule has 0 aliphatic rings. The molecule has 0 bridgehead atoms. The van der Waals surface area contributed by atoms with Gasteiger partial charge in [-0.2, -0.15) is 0 Å². The number of nitrogens with zero attached hydrogens (tertiary/aromatic N) is 1. The third kappa shape index (κ3) is 3.26. The Morgan fingerprint density at radius 2 is 2.09 bits per heavy atom. The van der Waals surface area contributed by atoms with Crippen molar-refractivity contribution in [1.29, 1.82) is 0 Å². The van der Waals surface area contributed by atoms with E-state index in [2.05, 4.69) is 24.0 Å². The van der Waals surface area contributed by atoms with Gasteiger partial charge in [0, 0.05) is 32.1 Å². The highest BCUT2D eigenvalue weighted by Gasteiger charge is 2.10. The number of thiophene rings is 1. The van der Waals surface area contributed by atoms with Crippen molar-refractivity contribution >= 4 is 33.0 Å². The first-order chi connectivity index (χ1) is 10.7. The van der Waals surface area contributed by atoms with Gasteiger partial charge in [-0.15, -0.1) is 11.3 Å². The summed E-state index contributed by atoms with van der Waals surface area (Å²) in [5.74, 6) is 0.267. The summed E-state index contributed by atoms with van der Waals surface area (Å²) >= 11 is 7.93. The quantitative estimate of drug-likeness (QED) is 0.661. The van der Waals surface area contributed by atoms with E-state index in [1.54, 1.807) is 17.4 Å². The van der Waals surface area contributed by atoms with Crippen molar-refractivity contribution in [3.8, 4) is 5.75 Å². The van der Waals surface area contributed by atoms with E-state index < -0.39 is 0 Å². The zero-order chi connectivity index (χ0) is 15.5. The first-order valence-corrected chi connectivity index (χ1v) is 8.71. The van der Waals surface area contributed by atoms with Crippen LogP contribution in [0.25, 0.3) is 10.1 Å². The number of halogens is 1. The Balaban J connectivity index is 1.89. The first kappa shape index (κ1) is 15.3. The van der Waals surface area contributed by atoms with Gasteiger partial charge in [0.2, 0.25) is 0 Å². The highest BCUT2D eigenvalue weighted by Crippen LogP contribution is 2.33. The molecule has 2 heterocycles. The number of rotatable bonds is 5. The molecule has 3 aromatic rings. The fourth-order valence-electron chi connectivity index (χ4n) is 2.50. The molecule has 0 amide bonds. The molecule has 22 heavy (non-hydrogen) atoms. The lowest BCUT2D eigenvalue weighted by Gasteiger charge is -2.05. The normalized spacial score (nSPS) is 11.2. The van der Waals surface area contributed by atoms with Crippen molar-refractivity contribution in [3.05, 3.63) is 57.7 Å². The van der Waals surface area contributed by atoms with Crippen LogP contribution in [-0.2, 0) is 12.8 Å². The molecular weight excluding hydrogens is 314 g/mol. The van der Waals surface area contributed by atoms with Gasteiger partial charge in [0.1, 0.15) is 5.75 Å².